The van der Waals surface area contributed by atoms with Crippen molar-refractivity contribution >= 4 is 17.9 Å². The molecular weight excluding hydrogens is 941 g/mol. The predicted octanol–water partition coefficient (Wildman–Crippen LogP) is 16.7. The molecule has 396 valence electrons. The first-order chi connectivity index (χ1) is 36.8. The van der Waals surface area contributed by atoms with Crippen molar-refractivity contribution in [1.82, 2.24) is 0 Å². The van der Waals surface area contributed by atoms with Crippen LogP contribution in [0.15, 0.2) is 133 Å². The Morgan fingerprint density at radius 3 is 1.07 bits per heavy atom. The third-order valence-corrected chi connectivity index (χ3v) is 13.4. The van der Waals surface area contributed by atoms with Crippen LogP contribution in [0, 0.1) is 0 Å². The molecule has 0 saturated heterocycles. The number of hydrogen-bond acceptors (Lipinski definition) is 10. The molecule has 0 fully saturated rings. The summed E-state index contributed by atoms with van der Waals surface area (Å²) in [6.07, 6.45) is 17.8. The van der Waals surface area contributed by atoms with Gasteiger partial charge in [0.15, 0.2) is 6.10 Å². The van der Waals surface area contributed by atoms with Crippen LogP contribution in [0.3, 0.4) is 0 Å². The molecule has 75 heavy (non-hydrogen) atoms. The van der Waals surface area contributed by atoms with Gasteiger partial charge in [-0.25, -0.2) is 9.59 Å². The third-order valence-electron chi connectivity index (χ3n) is 13.4. The molecule has 0 aromatic heterocycles. The van der Waals surface area contributed by atoms with Gasteiger partial charge in [0.1, 0.15) is 34.5 Å². The lowest BCUT2D eigenvalue weighted by Gasteiger charge is -2.16. The molecule has 10 heteroatoms. The smallest absolute Gasteiger partial charge is 0.343 e. The summed E-state index contributed by atoms with van der Waals surface area (Å²) >= 11 is 0. The lowest BCUT2D eigenvalue weighted by atomic mass is 10.1. The highest BCUT2D eigenvalue weighted by Crippen LogP contribution is 2.48. The molecular formula is C65H76O10. The van der Waals surface area contributed by atoms with Crippen molar-refractivity contribution in [2.24, 2.45) is 0 Å². The first-order valence-corrected chi connectivity index (χ1v) is 27.7. The number of fused-ring (bicyclic) bond motifs is 3. The van der Waals surface area contributed by atoms with Gasteiger partial charge in [-0.1, -0.05) is 128 Å². The lowest BCUT2D eigenvalue weighted by molar-refractivity contribution is -0.147. The van der Waals surface area contributed by atoms with Crippen LogP contribution in [0.2, 0.25) is 0 Å². The van der Waals surface area contributed by atoms with E-state index in [0.29, 0.717) is 71.5 Å². The van der Waals surface area contributed by atoms with Gasteiger partial charge >= 0.3 is 17.9 Å². The molecule has 0 unspecified atom stereocenters. The monoisotopic (exact) mass is 1020 g/mol. The van der Waals surface area contributed by atoms with Crippen LogP contribution in [0.1, 0.15) is 174 Å². The maximum Gasteiger partial charge on any atom is 0.343 e. The zero-order valence-corrected chi connectivity index (χ0v) is 44.4. The summed E-state index contributed by atoms with van der Waals surface area (Å²) in [7, 11) is 0. The average Bonchev–Trinajstić information content (AvgIpc) is 3.73. The fraction of sp³-hybridized carbons (Fsp3) is 0.400. The minimum absolute atomic E-state index is 0.193. The number of rotatable bonds is 33. The summed E-state index contributed by atoms with van der Waals surface area (Å²) in [5.41, 5.74) is 5.93. The molecule has 7 rings (SSSR count). The standard InChI is InChI=1S/C65H76O10/c1-4-7-10-13-14-19-44-71-52-30-22-48(23-31-52)49-24-32-53(33-25-49)72-45-20-15-16-21-62(66)75-63-60-46-56(73-64(67)50-26-34-54(35-27-50)69-42-17-11-8-5-2)38-40-58(60)59-41-39-57(47-61(59)63)74-65(68)51-28-36-55(37-29-51)70-43-18-12-9-6-3/h22-41,46-47,63H,4-21,42-45H2,1-3H3. The number of esters is 3. The molecule has 0 amide bonds. The van der Waals surface area contributed by atoms with Crippen LogP contribution in [-0.4, -0.2) is 44.3 Å². The minimum Gasteiger partial charge on any atom is -0.494 e. The Kier molecular flexibility index (Phi) is 22.5. The van der Waals surface area contributed by atoms with E-state index in [0.717, 1.165) is 98.1 Å². The first-order valence-electron chi connectivity index (χ1n) is 27.7. The summed E-state index contributed by atoms with van der Waals surface area (Å²) in [5, 5.41) is 0. The van der Waals surface area contributed by atoms with Crippen molar-refractivity contribution in [3.8, 4) is 56.8 Å². The van der Waals surface area contributed by atoms with Crippen LogP contribution in [0.25, 0.3) is 22.3 Å². The van der Waals surface area contributed by atoms with Crippen molar-refractivity contribution in [3.63, 3.8) is 0 Å². The average molecular weight is 1020 g/mol. The molecule has 0 heterocycles. The van der Waals surface area contributed by atoms with E-state index in [1.807, 2.05) is 36.4 Å². The summed E-state index contributed by atoms with van der Waals surface area (Å²) < 4.78 is 41.8. The molecule has 1 aliphatic carbocycles. The maximum absolute atomic E-state index is 13.7. The van der Waals surface area contributed by atoms with Crippen molar-refractivity contribution in [1.29, 1.82) is 0 Å². The zero-order valence-electron chi connectivity index (χ0n) is 44.4. The van der Waals surface area contributed by atoms with E-state index in [9.17, 15) is 14.4 Å². The van der Waals surface area contributed by atoms with Gasteiger partial charge < -0.3 is 33.2 Å². The Morgan fingerprint density at radius 1 is 0.360 bits per heavy atom. The molecule has 10 nitrogen and oxygen atoms in total. The number of carbonyl (C=O) groups is 3. The van der Waals surface area contributed by atoms with Gasteiger partial charge in [-0.3, -0.25) is 4.79 Å². The highest BCUT2D eigenvalue weighted by molar-refractivity contribution is 5.92. The molecule has 0 radical (unpaired) electrons. The Balaban J connectivity index is 0.929. The van der Waals surface area contributed by atoms with Gasteiger partial charge in [-0.2, -0.15) is 0 Å². The summed E-state index contributed by atoms with van der Waals surface area (Å²) in [6, 6.07) is 40.9. The van der Waals surface area contributed by atoms with E-state index in [4.69, 9.17) is 33.2 Å². The Bertz CT molecular complexity index is 2550. The molecule has 0 bridgehead atoms. The van der Waals surface area contributed by atoms with Crippen molar-refractivity contribution in [2.45, 2.75) is 142 Å². The number of benzene rings is 6. The molecule has 1 aliphatic rings. The highest BCUT2D eigenvalue weighted by atomic mass is 16.6. The third kappa shape index (κ3) is 17.5. The SMILES string of the molecule is CCCCCCCCOc1ccc(-c2ccc(OCCCCCC(=O)OC3c4cc(OC(=O)c5ccc(OCCCCCC)cc5)ccc4-c4ccc(OC(=O)c5ccc(OCCCCCC)cc5)cc43)cc2)cc1. The van der Waals surface area contributed by atoms with E-state index in [1.54, 1.807) is 72.8 Å². The van der Waals surface area contributed by atoms with Gasteiger partial charge in [0.2, 0.25) is 0 Å². The van der Waals surface area contributed by atoms with Crippen LogP contribution in [-0.2, 0) is 9.53 Å². The van der Waals surface area contributed by atoms with Crippen LogP contribution in [0.4, 0.5) is 0 Å². The number of hydrogen-bond donors (Lipinski definition) is 0. The number of ether oxygens (including phenoxy) is 7. The van der Waals surface area contributed by atoms with Crippen molar-refractivity contribution in [3.05, 3.63) is 156 Å². The summed E-state index contributed by atoms with van der Waals surface area (Å²) in [5.74, 6) is 2.25. The topological polar surface area (TPSA) is 116 Å². The van der Waals surface area contributed by atoms with Crippen LogP contribution >= 0.6 is 0 Å². The van der Waals surface area contributed by atoms with Gasteiger partial charge in [-0.15, -0.1) is 0 Å². The maximum atomic E-state index is 13.7. The van der Waals surface area contributed by atoms with Gasteiger partial charge in [-0.05, 0) is 158 Å². The fourth-order valence-electron chi connectivity index (χ4n) is 9.06. The van der Waals surface area contributed by atoms with E-state index in [-0.39, 0.29) is 12.4 Å². The summed E-state index contributed by atoms with van der Waals surface area (Å²) in [4.78, 5) is 40.4. The molecule has 0 atom stereocenters. The largest absolute Gasteiger partial charge is 0.494 e. The molecule has 0 aliphatic heterocycles. The summed E-state index contributed by atoms with van der Waals surface area (Å²) in [6.45, 7) is 9.10. The van der Waals surface area contributed by atoms with Crippen molar-refractivity contribution < 1.29 is 47.5 Å². The highest BCUT2D eigenvalue weighted by Gasteiger charge is 2.33. The molecule has 6 aromatic rings. The number of unbranched alkanes of at least 4 members (excludes halogenated alkanes) is 13. The molecule has 0 saturated carbocycles. The normalized spacial score (nSPS) is 11.6. The van der Waals surface area contributed by atoms with E-state index < -0.39 is 18.0 Å². The van der Waals surface area contributed by atoms with E-state index in [2.05, 4.69) is 45.0 Å². The predicted molar refractivity (Wildman–Crippen MR) is 297 cm³/mol. The number of carbonyl (C=O) groups excluding carboxylic acids is 3. The molecule has 6 aromatic carbocycles. The zero-order chi connectivity index (χ0) is 52.5. The van der Waals surface area contributed by atoms with Crippen molar-refractivity contribution in [2.75, 3.05) is 26.4 Å². The second-order valence-electron chi connectivity index (χ2n) is 19.3. The minimum atomic E-state index is -0.838. The van der Waals surface area contributed by atoms with E-state index >= 15 is 0 Å². The fourth-order valence-corrected chi connectivity index (χ4v) is 9.06. The second kappa shape index (κ2) is 30.3. The Hall–Kier alpha value is -7.07. The Labute approximate surface area is 445 Å². The van der Waals surface area contributed by atoms with Gasteiger partial charge in [0.25, 0.3) is 0 Å². The lowest BCUT2D eigenvalue weighted by Crippen LogP contribution is -2.12. The molecule has 0 spiro atoms. The van der Waals surface area contributed by atoms with Gasteiger partial charge in [0, 0.05) is 17.5 Å². The van der Waals surface area contributed by atoms with Gasteiger partial charge in [0.05, 0.1) is 37.6 Å². The first kappa shape index (κ1) is 55.7. The quantitative estimate of drug-likeness (QED) is 0.0224. The molecule has 0 N–H and O–H groups in total. The van der Waals surface area contributed by atoms with Crippen LogP contribution < -0.4 is 28.4 Å². The van der Waals surface area contributed by atoms with Crippen LogP contribution in [0.5, 0.6) is 34.5 Å². The second-order valence-corrected chi connectivity index (χ2v) is 19.3. The van der Waals surface area contributed by atoms with E-state index in [1.165, 1.54) is 44.9 Å². The Morgan fingerprint density at radius 2 is 0.680 bits per heavy atom.